The summed E-state index contributed by atoms with van der Waals surface area (Å²) < 4.78 is 0. The number of nitrogens with zero attached hydrogens (tertiary/aromatic N) is 1. The lowest BCUT2D eigenvalue weighted by Crippen LogP contribution is -2.47. The number of nitrogen functional groups attached to an aromatic ring is 1. The summed E-state index contributed by atoms with van der Waals surface area (Å²) >= 11 is 0. The Morgan fingerprint density at radius 3 is 2.57 bits per heavy atom. The third-order valence-corrected chi connectivity index (χ3v) is 4.01. The Morgan fingerprint density at radius 1 is 1.33 bits per heavy atom. The van der Waals surface area contributed by atoms with E-state index in [1.807, 2.05) is 6.92 Å². The smallest absolute Gasteiger partial charge is 0.241 e. The minimum atomic E-state index is -0.250. The van der Waals surface area contributed by atoms with Crippen molar-refractivity contribution < 1.29 is 9.59 Å². The molecule has 21 heavy (non-hydrogen) atoms. The van der Waals surface area contributed by atoms with E-state index < -0.39 is 0 Å². The van der Waals surface area contributed by atoms with Crippen LogP contribution < -0.4 is 16.8 Å². The predicted octanol–water partition coefficient (Wildman–Crippen LogP) is 0.793. The lowest BCUT2D eigenvalue weighted by atomic mass is 9.95. The molecule has 6 heteroatoms. The molecule has 0 saturated carbocycles. The predicted molar refractivity (Wildman–Crippen MR) is 82.4 cm³/mol. The molecule has 2 amide bonds. The van der Waals surface area contributed by atoms with E-state index in [4.69, 9.17) is 11.5 Å². The van der Waals surface area contributed by atoms with Crippen molar-refractivity contribution in [1.29, 1.82) is 0 Å². The first-order valence-corrected chi connectivity index (χ1v) is 7.17. The van der Waals surface area contributed by atoms with Crippen molar-refractivity contribution in [2.75, 3.05) is 24.1 Å². The molecule has 0 radical (unpaired) electrons. The quantitative estimate of drug-likeness (QED) is 0.714. The van der Waals surface area contributed by atoms with Crippen LogP contribution in [0.4, 0.5) is 11.4 Å². The molecule has 1 aromatic carbocycles. The van der Waals surface area contributed by atoms with Gasteiger partial charge in [-0.25, -0.2) is 0 Å². The van der Waals surface area contributed by atoms with Gasteiger partial charge in [-0.05, 0) is 51.1 Å². The first-order valence-electron chi connectivity index (χ1n) is 7.17. The van der Waals surface area contributed by atoms with Gasteiger partial charge in [-0.2, -0.15) is 0 Å². The number of hydrogen-bond acceptors (Lipinski definition) is 4. The highest BCUT2D eigenvalue weighted by Gasteiger charge is 2.28. The number of piperidine rings is 1. The molecule has 1 saturated heterocycles. The average molecular weight is 290 g/mol. The number of carbonyl (C=O) groups is 2. The maximum Gasteiger partial charge on any atom is 0.241 e. The second-order valence-electron chi connectivity index (χ2n) is 5.50. The maximum absolute atomic E-state index is 12.3. The Morgan fingerprint density at radius 2 is 2.00 bits per heavy atom. The monoisotopic (exact) mass is 290 g/mol. The topological polar surface area (TPSA) is 101 Å². The third kappa shape index (κ3) is 3.95. The number of hydrogen-bond donors (Lipinski definition) is 3. The number of amides is 2. The molecule has 2 rings (SSSR count). The molecule has 0 aromatic heterocycles. The van der Waals surface area contributed by atoms with Crippen molar-refractivity contribution in [3.05, 3.63) is 24.3 Å². The molecular formula is C15H22N4O2. The Balaban J connectivity index is 1.90. The van der Waals surface area contributed by atoms with Gasteiger partial charge < -0.3 is 16.8 Å². The Hall–Kier alpha value is -2.08. The minimum absolute atomic E-state index is 0.0644. The molecule has 1 aliphatic heterocycles. The van der Waals surface area contributed by atoms with Crippen LogP contribution in [-0.4, -0.2) is 35.8 Å². The summed E-state index contributed by atoms with van der Waals surface area (Å²) in [5, 5.41) is 2.86. The first kappa shape index (κ1) is 15.3. The number of primary amides is 1. The van der Waals surface area contributed by atoms with Gasteiger partial charge >= 0.3 is 0 Å². The zero-order chi connectivity index (χ0) is 15.4. The number of nitrogens with one attached hydrogen (secondary N) is 1. The van der Waals surface area contributed by atoms with Gasteiger partial charge in [-0.3, -0.25) is 14.5 Å². The summed E-state index contributed by atoms with van der Waals surface area (Å²) in [6.45, 7) is 3.28. The number of nitrogens with two attached hydrogens (primary N) is 2. The zero-order valence-corrected chi connectivity index (χ0v) is 12.2. The van der Waals surface area contributed by atoms with Crippen molar-refractivity contribution >= 4 is 23.2 Å². The SMILES string of the molecule is CC(C(=O)Nc1cccc(N)c1)N1CCC(C(N)=O)CC1. The lowest BCUT2D eigenvalue weighted by Gasteiger charge is -2.34. The Kier molecular flexibility index (Phi) is 4.80. The van der Waals surface area contributed by atoms with Gasteiger partial charge in [0.15, 0.2) is 0 Å². The summed E-state index contributed by atoms with van der Waals surface area (Å²) in [4.78, 5) is 25.5. The largest absolute Gasteiger partial charge is 0.399 e. The maximum atomic E-state index is 12.3. The fourth-order valence-electron chi connectivity index (χ4n) is 2.60. The summed E-state index contributed by atoms with van der Waals surface area (Å²) in [7, 11) is 0. The van der Waals surface area contributed by atoms with Crippen LogP contribution in [0.1, 0.15) is 19.8 Å². The van der Waals surface area contributed by atoms with E-state index >= 15 is 0 Å². The molecule has 1 fully saturated rings. The second-order valence-corrected chi connectivity index (χ2v) is 5.50. The molecule has 0 bridgehead atoms. The fraction of sp³-hybridized carbons (Fsp3) is 0.467. The Labute approximate surface area is 124 Å². The first-order chi connectivity index (χ1) is 9.97. The van der Waals surface area contributed by atoms with Crippen molar-refractivity contribution in [3.8, 4) is 0 Å². The van der Waals surface area contributed by atoms with Gasteiger partial charge in [0.25, 0.3) is 0 Å². The van der Waals surface area contributed by atoms with Crippen LogP contribution in [-0.2, 0) is 9.59 Å². The summed E-state index contributed by atoms with van der Waals surface area (Å²) in [5.74, 6) is -0.380. The van der Waals surface area contributed by atoms with Crippen LogP contribution in [0.15, 0.2) is 24.3 Å². The highest BCUT2D eigenvalue weighted by Crippen LogP contribution is 2.19. The van der Waals surface area contributed by atoms with E-state index in [-0.39, 0.29) is 23.8 Å². The molecular weight excluding hydrogens is 268 g/mol. The van der Waals surface area contributed by atoms with Gasteiger partial charge in [-0.1, -0.05) is 6.07 Å². The van der Waals surface area contributed by atoms with E-state index in [1.54, 1.807) is 24.3 Å². The van der Waals surface area contributed by atoms with Crippen LogP contribution in [0.3, 0.4) is 0 Å². The van der Waals surface area contributed by atoms with E-state index in [0.29, 0.717) is 37.3 Å². The molecule has 0 aliphatic carbocycles. The lowest BCUT2D eigenvalue weighted by molar-refractivity contribution is -0.124. The van der Waals surface area contributed by atoms with E-state index in [9.17, 15) is 9.59 Å². The number of benzene rings is 1. The van der Waals surface area contributed by atoms with Crippen molar-refractivity contribution in [3.63, 3.8) is 0 Å². The van der Waals surface area contributed by atoms with Gasteiger partial charge in [0.2, 0.25) is 11.8 Å². The molecule has 6 nitrogen and oxygen atoms in total. The number of anilines is 2. The fourth-order valence-corrected chi connectivity index (χ4v) is 2.60. The van der Waals surface area contributed by atoms with Crippen LogP contribution in [0.5, 0.6) is 0 Å². The number of likely N-dealkylation sites (tertiary alicyclic amines) is 1. The molecule has 0 spiro atoms. The number of carbonyl (C=O) groups excluding carboxylic acids is 2. The molecule has 1 atom stereocenters. The van der Waals surface area contributed by atoms with Crippen molar-refractivity contribution in [1.82, 2.24) is 4.90 Å². The number of rotatable bonds is 4. The van der Waals surface area contributed by atoms with Crippen LogP contribution in [0, 0.1) is 5.92 Å². The highest BCUT2D eigenvalue weighted by atomic mass is 16.2. The van der Waals surface area contributed by atoms with Gasteiger partial charge in [0.05, 0.1) is 6.04 Å². The average Bonchev–Trinajstić information content (AvgIpc) is 2.46. The summed E-state index contributed by atoms with van der Waals surface area (Å²) in [6.07, 6.45) is 1.43. The third-order valence-electron chi connectivity index (χ3n) is 4.01. The molecule has 1 aliphatic rings. The molecule has 1 heterocycles. The van der Waals surface area contributed by atoms with Crippen LogP contribution in [0.25, 0.3) is 0 Å². The molecule has 114 valence electrons. The Bertz CT molecular complexity index is 524. The van der Waals surface area contributed by atoms with Gasteiger partial charge in [0, 0.05) is 17.3 Å². The normalized spacial score (nSPS) is 18.1. The molecule has 1 unspecified atom stereocenters. The van der Waals surface area contributed by atoms with Crippen molar-refractivity contribution in [2.24, 2.45) is 11.7 Å². The minimum Gasteiger partial charge on any atom is -0.399 e. The summed E-state index contributed by atoms with van der Waals surface area (Å²) in [6, 6.07) is 6.85. The van der Waals surface area contributed by atoms with E-state index in [2.05, 4.69) is 10.2 Å². The van der Waals surface area contributed by atoms with E-state index in [0.717, 1.165) is 0 Å². The summed E-state index contributed by atoms with van der Waals surface area (Å²) in [5.41, 5.74) is 12.3. The van der Waals surface area contributed by atoms with Gasteiger partial charge in [-0.15, -0.1) is 0 Å². The highest BCUT2D eigenvalue weighted by molar-refractivity contribution is 5.94. The standard InChI is InChI=1S/C15H22N4O2/c1-10(19-7-5-11(6-8-19)14(17)20)15(21)18-13-4-2-3-12(16)9-13/h2-4,9-11H,5-8,16H2,1H3,(H2,17,20)(H,18,21). The van der Waals surface area contributed by atoms with Crippen LogP contribution in [0.2, 0.25) is 0 Å². The van der Waals surface area contributed by atoms with Crippen molar-refractivity contribution in [2.45, 2.75) is 25.8 Å². The van der Waals surface area contributed by atoms with E-state index in [1.165, 1.54) is 0 Å². The van der Waals surface area contributed by atoms with Gasteiger partial charge in [0.1, 0.15) is 0 Å². The zero-order valence-electron chi connectivity index (χ0n) is 12.2. The molecule has 1 aromatic rings. The second kappa shape index (κ2) is 6.58. The van der Waals surface area contributed by atoms with Crippen LogP contribution >= 0.6 is 0 Å². The molecule has 5 N–H and O–H groups in total.